The van der Waals surface area contributed by atoms with Crippen molar-refractivity contribution in [2.45, 2.75) is 19.9 Å². The average Bonchev–Trinajstić information content (AvgIpc) is 2.87. The lowest BCUT2D eigenvalue weighted by Crippen LogP contribution is -2.26. The number of nitrogens with zero attached hydrogens (tertiary/aromatic N) is 3. The third-order valence-electron chi connectivity index (χ3n) is 3.58. The van der Waals surface area contributed by atoms with E-state index in [9.17, 15) is 10.1 Å². The molecule has 0 amide bonds. The van der Waals surface area contributed by atoms with Crippen molar-refractivity contribution in [3.05, 3.63) is 41.7 Å². The van der Waals surface area contributed by atoms with Crippen LogP contribution >= 0.6 is 0 Å². The number of rotatable bonds is 6. The minimum atomic E-state index is -0.212. The van der Waals surface area contributed by atoms with Crippen LogP contribution in [0, 0.1) is 11.3 Å². The first kappa shape index (κ1) is 15.1. The van der Waals surface area contributed by atoms with E-state index in [4.69, 9.17) is 0 Å². The van der Waals surface area contributed by atoms with Gasteiger partial charge < -0.3 is 9.14 Å². The van der Waals surface area contributed by atoms with Gasteiger partial charge in [0.25, 0.3) is 0 Å². The summed E-state index contributed by atoms with van der Waals surface area (Å²) in [6, 6.07) is 8.08. The van der Waals surface area contributed by atoms with Gasteiger partial charge in [-0.3, -0.25) is 9.69 Å². The van der Waals surface area contributed by atoms with Crippen molar-refractivity contribution < 1.29 is 9.53 Å². The lowest BCUT2D eigenvalue weighted by molar-refractivity contribution is -0.141. The molecule has 0 N–H and O–H groups in total. The molecular weight excluding hydrogens is 266 g/mol. The monoisotopic (exact) mass is 285 g/mol. The molecule has 2 aromatic heterocycles. The Labute approximate surface area is 124 Å². The maximum Gasteiger partial charge on any atom is 0.306 e. The van der Waals surface area contributed by atoms with Crippen LogP contribution in [0.5, 0.6) is 0 Å². The maximum absolute atomic E-state index is 11.2. The number of ether oxygens (including phenoxy) is 1. The molecule has 0 aliphatic heterocycles. The van der Waals surface area contributed by atoms with E-state index in [1.54, 1.807) is 0 Å². The molecule has 0 spiro atoms. The Balaban J connectivity index is 2.17. The van der Waals surface area contributed by atoms with Crippen LogP contribution in [0.1, 0.15) is 24.5 Å². The number of aromatic nitrogens is 1. The zero-order valence-corrected chi connectivity index (χ0v) is 12.4. The van der Waals surface area contributed by atoms with Crippen molar-refractivity contribution in [1.29, 1.82) is 5.26 Å². The minimum absolute atomic E-state index is 0.212. The topological polar surface area (TPSA) is 57.7 Å². The lowest BCUT2D eigenvalue weighted by Gasteiger charge is -2.19. The van der Waals surface area contributed by atoms with Crippen molar-refractivity contribution >= 4 is 11.5 Å². The molecule has 0 saturated carbocycles. The molecule has 0 atom stereocenters. The normalized spacial score (nSPS) is 10.8. The molecule has 2 rings (SSSR count). The molecule has 5 nitrogen and oxygen atoms in total. The van der Waals surface area contributed by atoms with Crippen LogP contribution in [0.15, 0.2) is 30.6 Å². The van der Waals surface area contributed by atoms with E-state index in [-0.39, 0.29) is 5.97 Å². The van der Waals surface area contributed by atoms with E-state index < -0.39 is 0 Å². The van der Waals surface area contributed by atoms with Crippen molar-refractivity contribution in [3.8, 4) is 6.07 Å². The number of hydrogen-bond donors (Lipinski definition) is 0. The molecule has 110 valence electrons. The highest BCUT2D eigenvalue weighted by Gasteiger charge is 2.14. The SMILES string of the molecule is CCN(CCC(=O)OC)Cc1cn2ccccc2c1C#N. The molecule has 2 heterocycles. The number of methoxy groups -OCH3 is 1. The van der Waals surface area contributed by atoms with E-state index in [1.807, 2.05) is 41.9 Å². The summed E-state index contributed by atoms with van der Waals surface area (Å²) in [5.41, 5.74) is 2.60. The van der Waals surface area contributed by atoms with Crippen molar-refractivity contribution in [2.75, 3.05) is 20.2 Å². The Bertz CT molecular complexity index is 670. The van der Waals surface area contributed by atoms with Gasteiger partial charge in [-0.2, -0.15) is 5.26 Å². The molecule has 0 radical (unpaired) electrons. The van der Waals surface area contributed by atoms with E-state index >= 15 is 0 Å². The van der Waals surface area contributed by atoms with Crippen LogP contribution < -0.4 is 0 Å². The molecule has 0 unspecified atom stereocenters. The summed E-state index contributed by atoms with van der Waals surface area (Å²) in [5, 5.41) is 9.39. The van der Waals surface area contributed by atoms with E-state index in [0.29, 0.717) is 25.1 Å². The van der Waals surface area contributed by atoms with Gasteiger partial charge in [0.2, 0.25) is 0 Å². The summed E-state index contributed by atoms with van der Waals surface area (Å²) in [5.74, 6) is -0.212. The summed E-state index contributed by atoms with van der Waals surface area (Å²) >= 11 is 0. The molecular formula is C16H19N3O2. The predicted octanol–water partition coefficient (Wildman–Crippen LogP) is 2.20. The van der Waals surface area contributed by atoms with Crippen LogP contribution in [-0.2, 0) is 16.1 Å². The predicted molar refractivity (Wildman–Crippen MR) is 79.7 cm³/mol. The number of carbonyl (C=O) groups excluding carboxylic acids is 1. The van der Waals surface area contributed by atoms with Gasteiger partial charge in [0.15, 0.2) is 0 Å². The Kier molecular flexibility index (Phi) is 4.96. The second kappa shape index (κ2) is 6.91. The highest BCUT2D eigenvalue weighted by atomic mass is 16.5. The third kappa shape index (κ3) is 3.41. The number of hydrogen-bond acceptors (Lipinski definition) is 4. The summed E-state index contributed by atoms with van der Waals surface area (Å²) < 4.78 is 6.63. The highest BCUT2D eigenvalue weighted by molar-refractivity contribution is 5.69. The van der Waals surface area contributed by atoms with Gasteiger partial charge in [-0.25, -0.2) is 0 Å². The fraction of sp³-hybridized carbons (Fsp3) is 0.375. The summed E-state index contributed by atoms with van der Waals surface area (Å²) in [7, 11) is 1.40. The minimum Gasteiger partial charge on any atom is -0.469 e. The third-order valence-corrected chi connectivity index (χ3v) is 3.58. The summed E-state index contributed by atoms with van der Waals surface area (Å²) in [4.78, 5) is 13.4. The van der Waals surface area contributed by atoms with Gasteiger partial charge >= 0.3 is 5.97 Å². The summed E-state index contributed by atoms with van der Waals surface area (Å²) in [6.07, 6.45) is 4.28. The molecule has 2 aromatic rings. The molecule has 0 bridgehead atoms. The van der Waals surface area contributed by atoms with Crippen molar-refractivity contribution in [2.24, 2.45) is 0 Å². The van der Waals surface area contributed by atoms with E-state index in [1.165, 1.54) is 7.11 Å². The first-order valence-corrected chi connectivity index (χ1v) is 6.97. The molecule has 0 aliphatic rings. The van der Waals surface area contributed by atoms with Gasteiger partial charge in [-0.1, -0.05) is 13.0 Å². The van der Waals surface area contributed by atoms with Crippen LogP contribution in [0.25, 0.3) is 5.52 Å². The molecule has 21 heavy (non-hydrogen) atoms. The lowest BCUT2D eigenvalue weighted by atomic mass is 10.1. The van der Waals surface area contributed by atoms with Crippen molar-refractivity contribution in [1.82, 2.24) is 9.30 Å². The number of carbonyl (C=O) groups is 1. The zero-order valence-electron chi connectivity index (χ0n) is 12.4. The Morgan fingerprint density at radius 1 is 1.48 bits per heavy atom. The molecule has 0 fully saturated rings. The van der Waals surface area contributed by atoms with Crippen molar-refractivity contribution in [3.63, 3.8) is 0 Å². The Morgan fingerprint density at radius 2 is 2.29 bits per heavy atom. The number of fused-ring (bicyclic) bond motifs is 1. The molecule has 5 heteroatoms. The Hall–Kier alpha value is -2.32. The van der Waals surface area contributed by atoms with Crippen LogP contribution in [-0.4, -0.2) is 35.5 Å². The second-order valence-electron chi connectivity index (χ2n) is 4.83. The van der Waals surface area contributed by atoms with Gasteiger partial charge in [0.1, 0.15) is 6.07 Å². The zero-order chi connectivity index (χ0) is 15.2. The van der Waals surface area contributed by atoms with Crippen LogP contribution in [0.3, 0.4) is 0 Å². The number of esters is 1. The highest BCUT2D eigenvalue weighted by Crippen LogP contribution is 2.19. The first-order chi connectivity index (χ1) is 10.2. The fourth-order valence-corrected chi connectivity index (χ4v) is 2.37. The van der Waals surface area contributed by atoms with Gasteiger partial charge in [-0.15, -0.1) is 0 Å². The fourth-order valence-electron chi connectivity index (χ4n) is 2.37. The molecule has 0 aromatic carbocycles. The Morgan fingerprint density at radius 3 is 2.95 bits per heavy atom. The van der Waals surface area contributed by atoms with Crippen LogP contribution in [0.2, 0.25) is 0 Å². The second-order valence-corrected chi connectivity index (χ2v) is 4.83. The average molecular weight is 285 g/mol. The maximum atomic E-state index is 11.2. The largest absolute Gasteiger partial charge is 0.469 e. The van der Waals surface area contributed by atoms with Gasteiger partial charge in [0.05, 0.1) is 24.6 Å². The standard InChI is InChI=1S/C16H19N3O2/c1-3-18(9-7-16(20)21-2)11-13-12-19-8-5-4-6-15(19)14(13)10-17/h4-6,8,12H,3,7,9,11H2,1-2H3. The van der Waals surface area contributed by atoms with Gasteiger partial charge in [-0.05, 0) is 18.7 Å². The van der Waals surface area contributed by atoms with Gasteiger partial charge in [0, 0.05) is 31.0 Å². The van der Waals surface area contributed by atoms with Crippen LogP contribution in [0.4, 0.5) is 0 Å². The number of pyridine rings is 1. The van der Waals surface area contributed by atoms with E-state index in [0.717, 1.165) is 17.6 Å². The summed E-state index contributed by atoms with van der Waals surface area (Å²) in [6.45, 7) is 4.13. The molecule has 0 aliphatic carbocycles. The smallest absolute Gasteiger partial charge is 0.306 e. The first-order valence-electron chi connectivity index (χ1n) is 6.97. The number of nitriles is 1. The quantitative estimate of drug-likeness (QED) is 0.763. The van der Waals surface area contributed by atoms with E-state index in [2.05, 4.69) is 15.7 Å². The molecule has 0 saturated heterocycles.